The Morgan fingerprint density at radius 3 is 2.52 bits per heavy atom. The van der Waals surface area contributed by atoms with Gasteiger partial charge in [-0.3, -0.25) is 4.79 Å². The van der Waals surface area contributed by atoms with E-state index >= 15 is 0 Å². The van der Waals surface area contributed by atoms with Crippen molar-refractivity contribution in [3.8, 4) is 5.75 Å². The summed E-state index contributed by atoms with van der Waals surface area (Å²) < 4.78 is 0. The van der Waals surface area contributed by atoms with Crippen LogP contribution in [-0.2, 0) is 17.6 Å². The van der Waals surface area contributed by atoms with Crippen LogP contribution in [0.3, 0.4) is 0 Å². The van der Waals surface area contributed by atoms with Crippen LogP contribution in [0.4, 0.5) is 5.69 Å². The maximum Gasteiger partial charge on any atom is 0.211 e. The van der Waals surface area contributed by atoms with Crippen LogP contribution >= 0.6 is 0 Å². The Bertz CT molecular complexity index is 635. The van der Waals surface area contributed by atoms with Crippen molar-refractivity contribution >= 4 is 12.1 Å². The molecule has 0 aliphatic rings. The van der Waals surface area contributed by atoms with Gasteiger partial charge in [-0.15, -0.1) is 0 Å². The molecule has 0 radical (unpaired) electrons. The van der Waals surface area contributed by atoms with Gasteiger partial charge in [0, 0.05) is 0 Å². The number of hydrogen-bond donors (Lipinski definition) is 2. The second-order valence-corrected chi connectivity index (χ2v) is 6.30. The van der Waals surface area contributed by atoms with Crippen LogP contribution in [0.25, 0.3) is 0 Å². The SMILES string of the molecule is Cc1ccc(C[C@@H](C)CCCc2ccc(O)c(NC=O)c2)cc1. The number of phenolic OH excluding ortho intramolecular Hbond substituents is 1. The summed E-state index contributed by atoms with van der Waals surface area (Å²) in [6.45, 7) is 4.40. The van der Waals surface area contributed by atoms with Crippen LogP contribution in [0.5, 0.6) is 5.75 Å². The number of carbonyl (C=O) groups excluding carboxylic acids is 1. The van der Waals surface area contributed by atoms with E-state index in [-0.39, 0.29) is 5.75 Å². The number of phenols is 1. The van der Waals surface area contributed by atoms with Crippen LogP contribution < -0.4 is 5.32 Å². The summed E-state index contributed by atoms with van der Waals surface area (Å²) in [5, 5.41) is 12.2. The number of aryl methyl sites for hydroxylation is 2. The third kappa shape index (κ3) is 5.44. The van der Waals surface area contributed by atoms with Gasteiger partial charge in [-0.05, 0) is 55.4 Å². The molecule has 1 atom stereocenters. The fourth-order valence-corrected chi connectivity index (χ4v) is 2.80. The molecule has 0 bridgehead atoms. The van der Waals surface area contributed by atoms with Crippen molar-refractivity contribution in [3.63, 3.8) is 0 Å². The lowest BCUT2D eigenvalue weighted by Gasteiger charge is -2.12. The number of benzene rings is 2. The van der Waals surface area contributed by atoms with Crippen LogP contribution in [0, 0.1) is 12.8 Å². The molecule has 2 rings (SSSR count). The fourth-order valence-electron chi connectivity index (χ4n) is 2.80. The van der Waals surface area contributed by atoms with Gasteiger partial charge in [0.1, 0.15) is 5.75 Å². The number of rotatable bonds is 8. The molecule has 0 saturated heterocycles. The van der Waals surface area contributed by atoms with Crippen LogP contribution in [0.15, 0.2) is 42.5 Å². The molecule has 3 nitrogen and oxygen atoms in total. The van der Waals surface area contributed by atoms with Crippen molar-refractivity contribution in [2.45, 2.75) is 39.5 Å². The topological polar surface area (TPSA) is 49.3 Å². The van der Waals surface area contributed by atoms with Crippen molar-refractivity contribution in [2.24, 2.45) is 5.92 Å². The molecule has 23 heavy (non-hydrogen) atoms. The van der Waals surface area contributed by atoms with E-state index in [1.165, 1.54) is 11.1 Å². The zero-order chi connectivity index (χ0) is 16.7. The van der Waals surface area contributed by atoms with Crippen molar-refractivity contribution < 1.29 is 9.90 Å². The highest BCUT2D eigenvalue weighted by molar-refractivity contribution is 5.75. The van der Waals surface area contributed by atoms with Crippen LogP contribution in [0.1, 0.15) is 36.5 Å². The molecule has 3 heteroatoms. The molecular weight excluding hydrogens is 286 g/mol. The molecule has 1 amide bonds. The van der Waals surface area contributed by atoms with Crippen molar-refractivity contribution in [1.82, 2.24) is 0 Å². The normalized spacial score (nSPS) is 11.9. The van der Waals surface area contributed by atoms with E-state index in [4.69, 9.17) is 0 Å². The molecule has 0 fully saturated rings. The summed E-state index contributed by atoms with van der Waals surface area (Å²) in [5.74, 6) is 0.746. The summed E-state index contributed by atoms with van der Waals surface area (Å²) in [7, 11) is 0. The van der Waals surface area contributed by atoms with Crippen LogP contribution in [-0.4, -0.2) is 11.5 Å². The molecule has 0 aliphatic carbocycles. The minimum Gasteiger partial charge on any atom is -0.506 e. The van der Waals surface area contributed by atoms with Gasteiger partial charge in [-0.1, -0.05) is 49.2 Å². The number of anilines is 1. The Balaban J connectivity index is 1.81. The summed E-state index contributed by atoms with van der Waals surface area (Å²) in [4.78, 5) is 10.5. The number of hydrogen-bond acceptors (Lipinski definition) is 2. The first-order valence-electron chi connectivity index (χ1n) is 8.16. The summed E-state index contributed by atoms with van der Waals surface area (Å²) in [5.41, 5.74) is 4.30. The third-order valence-electron chi connectivity index (χ3n) is 4.14. The second kappa shape index (κ2) is 8.37. The lowest BCUT2D eigenvalue weighted by atomic mass is 9.94. The van der Waals surface area contributed by atoms with E-state index in [9.17, 15) is 9.90 Å². The minimum absolute atomic E-state index is 0.105. The standard InChI is InChI=1S/C20H25NO2/c1-15-6-8-18(9-7-15)12-16(2)4-3-5-17-10-11-20(23)19(13-17)21-14-22/h6-11,13-14,16,23H,3-5,12H2,1-2H3,(H,21,22)/t16-/m0/s1. The maximum atomic E-state index is 10.5. The monoisotopic (exact) mass is 311 g/mol. The lowest BCUT2D eigenvalue weighted by molar-refractivity contribution is -0.105. The Morgan fingerprint density at radius 1 is 1.13 bits per heavy atom. The molecule has 0 heterocycles. The quantitative estimate of drug-likeness (QED) is 0.558. The number of nitrogens with one attached hydrogen (secondary N) is 1. The van der Waals surface area contributed by atoms with Gasteiger partial charge >= 0.3 is 0 Å². The van der Waals surface area contributed by atoms with Gasteiger partial charge in [0.2, 0.25) is 6.41 Å². The lowest BCUT2D eigenvalue weighted by Crippen LogP contribution is -2.01. The molecule has 2 aromatic rings. The molecule has 2 aromatic carbocycles. The predicted molar refractivity (Wildman–Crippen MR) is 94.8 cm³/mol. The van der Waals surface area contributed by atoms with E-state index < -0.39 is 0 Å². The van der Waals surface area contributed by atoms with Crippen molar-refractivity contribution in [2.75, 3.05) is 5.32 Å². The molecule has 0 aromatic heterocycles. The summed E-state index contributed by atoms with van der Waals surface area (Å²) in [6.07, 6.45) is 4.89. The smallest absolute Gasteiger partial charge is 0.211 e. The predicted octanol–water partition coefficient (Wildman–Crippen LogP) is 4.47. The van der Waals surface area contributed by atoms with E-state index in [1.807, 2.05) is 12.1 Å². The molecule has 0 spiro atoms. The van der Waals surface area contributed by atoms with Gasteiger partial charge in [0.15, 0.2) is 0 Å². The molecule has 0 saturated carbocycles. The van der Waals surface area contributed by atoms with Gasteiger partial charge in [-0.25, -0.2) is 0 Å². The Morgan fingerprint density at radius 2 is 1.83 bits per heavy atom. The highest BCUT2D eigenvalue weighted by Crippen LogP contribution is 2.25. The highest BCUT2D eigenvalue weighted by Gasteiger charge is 2.06. The van der Waals surface area contributed by atoms with Gasteiger partial charge in [-0.2, -0.15) is 0 Å². The average molecular weight is 311 g/mol. The van der Waals surface area contributed by atoms with Gasteiger partial charge < -0.3 is 10.4 Å². The molecule has 0 aliphatic heterocycles. The zero-order valence-electron chi connectivity index (χ0n) is 13.9. The van der Waals surface area contributed by atoms with Gasteiger partial charge in [0.05, 0.1) is 5.69 Å². The number of aromatic hydroxyl groups is 1. The minimum atomic E-state index is 0.105. The first-order valence-corrected chi connectivity index (χ1v) is 8.16. The Labute approximate surface area is 138 Å². The largest absolute Gasteiger partial charge is 0.506 e. The van der Waals surface area contributed by atoms with E-state index in [0.717, 1.165) is 31.2 Å². The summed E-state index contributed by atoms with van der Waals surface area (Å²) >= 11 is 0. The zero-order valence-corrected chi connectivity index (χ0v) is 13.9. The Kier molecular flexibility index (Phi) is 6.21. The Hall–Kier alpha value is -2.29. The van der Waals surface area contributed by atoms with E-state index in [1.54, 1.807) is 6.07 Å². The highest BCUT2D eigenvalue weighted by atomic mass is 16.3. The fraction of sp³-hybridized carbons (Fsp3) is 0.350. The molecular formula is C20H25NO2. The number of carbonyl (C=O) groups is 1. The number of amides is 1. The van der Waals surface area contributed by atoms with Crippen molar-refractivity contribution in [1.29, 1.82) is 0 Å². The first kappa shape index (κ1) is 17.1. The average Bonchev–Trinajstić information content (AvgIpc) is 2.53. The van der Waals surface area contributed by atoms with Crippen molar-refractivity contribution in [3.05, 3.63) is 59.2 Å². The maximum absolute atomic E-state index is 10.5. The summed E-state index contributed by atoms with van der Waals surface area (Å²) in [6, 6.07) is 14.1. The van der Waals surface area contributed by atoms with Gasteiger partial charge in [0.25, 0.3) is 0 Å². The molecule has 0 unspecified atom stereocenters. The first-order chi connectivity index (χ1) is 11.1. The second-order valence-electron chi connectivity index (χ2n) is 6.30. The molecule has 2 N–H and O–H groups in total. The van der Waals surface area contributed by atoms with E-state index in [2.05, 4.69) is 43.4 Å². The molecule has 122 valence electrons. The van der Waals surface area contributed by atoms with Crippen LogP contribution in [0.2, 0.25) is 0 Å². The third-order valence-corrected chi connectivity index (χ3v) is 4.14. The van der Waals surface area contributed by atoms with E-state index in [0.29, 0.717) is 18.0 Å².